The Hall–Kier alpha value is -3.78. The molecule has 46 heavy (non-hydrogen) atoms. The zero-order chi connectivity index (χ0) is 33.8. The second kappa shape index (κ2) is 14.3. The lowest BCUT2D eigenvalue weighted by Gasteiger charge is -2.37. The summed E-state index contributed by atoms with van der Waals surface area (Å²) in [6.45, 7) is 7.94. The fourth-order valence-corrected chi connectivity index (χ4v) is 6.41. The highest BCUT2D eigenvalue weighted by molar-refractivity contribution is 7.99. The van der Waals surface area contributed by atoms with E-state index in [2.05, 4.69) is 20.8 Å². The predicted octanol–water partition coefficient (Wildman–Crippen LogP) is 3.70. The van der Waals surface area contributed by atoms with Crippen molar-refractivity contribution >= 4 is 41.3 Å². The van der Waals surface area contributed by atoms with E-state index in [0.717, 1.165) is 48.0 Å². The molecule has 2 heterocycles. The number of aromatic nitrogens is 2. The van der Waals surface area contributed by atoms with Crippen LogP contribution in [0.25, 0.3) is 0 Å². The van der Waals surface area contributed by atoms with Gasteiger partial charge in [0.2, 0.25) is 11.7 Å². The molecule has 2 aromatic rings. The molecule has 1 atom stereocenters. The second-order valence-electron chi connectivity index (χ2n) is 13.3. The number of hydrogen-bond acceptors (Lipinski definition) is 10. The van der Waals surface area contributed by atoms with Gasteiger partial charge in [-0.25, -0.2) is 4.79 Å². The standard InChI is InChI=1S/C32H45N7O6S/c1-20(2)17-23(24(40)26-35-36-29(45-26)46-19-39-28(43)31(3,4)38(7)30(39)44)33-27(42)32(15-9-8-10-16-32)34-25(41)22-13-11-21(12-14-22)18-37(5)6/h11-14,20,23H,8-10,15-19H2,1-7H3,(H,33,42)(H,34,41). The fraction of sp³-hybridized carbons (Fsp3) is 0.594. The Kier molecular flexibility index (Phi) is 10.9. The predicted molar refractivity (Wildman–Crippen MR) is 172 cm³/mol. The van der Waals surface area contributed by atoms with E-state index < -0.39 is 34.8 Å². The minimum atomic E-state index is -1.17. The molecule has 1 aromatic heterocycles. The first-order valence-corrected chi connectivity index (χ1v) is 16.6. The summed E-state index contributed by atoms with van der Waals surface area (Å²) in [6, 6.07) is 5.90. The number of ketones is 1. The Morgan fingerprint density at radius 2 is 1.70 bits per heavy atom. The van der Waals surface area contributed by atoms with Crippen LogP contribution < -0.4 is 10.6 Å². The van der Waals surface area contributed by atoms with Gasteiger partial charge in [-0.2, -0.15) is 0 Å². The molecule has 13 nitrogen and oxygen atoms in total. The Balaban J connectivity index is 1.46. The molecule has 2 N–H and O–H groups in total. The molecule has 1 aromatic carbocycles. The highest BCUT2D eigenvalue weighted by atomic mass is 32.2. The lowest BCUT2D eigenvalue weighted by molar-refractivity contribution is -0.131. The first kappa shape index (κ1) is 35.1. The highest BCUT2D eigenvalue weighted by Crippen LogP contribution is 2.31. The zero-order valence-electron chi connectivity index (χ0n) is 27.7. The summed E-state index contributed by atoms with van der Waals surface area (Å²) < 4.78 is 5.63. The van der Waals surface area contributed by atoms with Crippen LogP contribution in [-0.2, 0) is 16.1 Å². The van der Waals surface area contributed by atoms with Crippen molar-refractivity contribution in [1.29, 1.82) is 0 Å². The van der Waals surface area contributed by atoms with E-state index in [9.17, 15) is 24.0 Å². The fourth-order valence-electron chi connectivity index (χ4n) is 5.71. The number of carbonyl (C=O) groups excluding carboxylic acids is 5. The summed E-state index contributed by atoms with van der Waals surface area (Å²) in [5, 5.41) is 13.8. The van der Waals surface area contributed by atoms with E-state index >= 15 is 0 Å². The van der Waals surface area contributed by atoms with E-state index in [1.165, 1.54) is 4.90 Å². The maximum atomic E-state index is 14.0. The molecule has 1 unspecified atom stereocenters. The van der Waals surface area contributed by atoms with Crippen molar-refractivity contribution < 1.29 is 28.4 Å². The van der Waals surface area contributed by atoms with Gasteiger partial charge in [-0.05, 0) is 82.6 Å². The van der Waals surface area contributed by atoms with Gasteiger partial charge in [0, 0.05) is 19.2 Å². The number of hydrogen-bond donors (Lipinski definition) is 2. The number of carbonyl (C=O) groups is 5. The van der Waals surface area contributed by atoms with E-state index in [1.807, 2.05) is 45.0 Å². The SMILES string of the molecule is CC(C)CC(NC(=O)C1(NC(=O)c2ccc(CN(C)C)cc2)CCCCC1)C(=O)c1nnc(SCN2C(=O)N(C)C(C)(C)C2=O)o1. The lowest BCUT2D eigenvalue weighted by atomic mass is 9.80. The van der Waals surface area contributed by atoms with Gasteiger partial charge in [0.15, 0.2) is 0 Å². The molecule has 2 aliphatic rings. The third-order valence-electron chi connectivity index (χ3n) is 8.60. The topological polar surface area (TPSA) is 158 Å². The summed E-state index contributed by atoms with van der Waals surface area (Å²) in [6.07, 6.45) is 3.68. The first-order valence-electron chi connectivity index (χ1n) is 15.6. The molecule has 2 fully saturated rings. The molecule has 1 saturated heterocycles. The van der Waals surface area contributed by atoms with Gasteiger partial charge in [-0.15, -0.1) is 10.2 Å². The number of imide groups is 1. The smallest absolute Gasteiger partial charge is 0.328 e. The number of nitrogens with one attached hydrogen (secondary N) is 2. The first-order chi connectivity index (χ1) is 21.6. The van der Waals surface area contributed by atoms with Crippen molar-refractivity contribution in [3.63, 3.8) is 0 Å². The third kappa shape index (κ3) is 7.77. The van der Waals surface area contributed by atoms with Crippen LogP contribution in [0.5, 0.6) is 0 Å². The van der Waals surface area contributed by atoms with Gasteiger partial charge >= 0.3 is 6.03 Å². The van der Waals surface area contributed by atoms with Crippen molar-refractivity contribution in [3.05, 3.63) is 41.3 Å². The number of nitrogens with zero attached hydrogens (tertiary/aromatic N) is 5. The van der Waals surface area contributed by atoms with Crippen LogP contribution in [0.15, 0.2) is 33.9 Å². The Bertz CT molecular complexity index is 1450. The van der Waals surface area contributed by atoms with Crippen molar-refractivity contribution in [2.24, 2.45) is 5.92 Å². The van der Waals surface area contributed by atoms with E-state index in [0.29, 0.717) is 24.8 Å². The van der Waals surface area contributed by atoms with Crippen molar-refractivity contribution in [2.75, 3.05) is 27.0 Å². The molecule has 14 heteroatoms. The molecular weight excluding hydrogens is 610 g/mol. The van der Waals surface area contributed by atoms with Crippen LogP contribution in [0.1, 0.15) is 92.8 Å². The monoisotopic (exact) mass is 655 g/mol. The molecule has 4 rings (SSSR count). The van der Waals surface area contributed by atoms with Crippen molar-refractivity contribution in [1.82, 2.24) is 35.5 Å². The number of urea groups is 1. The zero-order valence-corrected chi connectivity index (χ0v) is 28.5. The van der Waals surface area contributed by atoms with E-state index in [-0.39, 0.29) is 34.7 Å². The largest absolute Gasteiger partial charge is 0.408 e. The second-order valence-corrected chi connectivity index (χ2v) is 14.2. The number of rotatable bonds is 13. The molecule has 1 saturated carbocycles. The number of benzene rings is 1. The van der Waals surface area contributed by atoms with Crippen LogP contribution in [0.4, 0.5) is 4.79 Å². The van der Waals surface area contributed by atoms with Gasteiger partial charge in [0.05, 0.1) is 11.9 Å². The molecule has 250 valence electrons. The minimum absolute atomic E-state index is 0.0125. The van der Waals surface area contributed by atoms with Crippen LogP contribution in [0.3, 0.4) is 0 Å². The number of thioether (sulfide) groups is 1. The minimum Gasteiger partial charge on any atom is -0.408 e. The maximum absolute atomic E-state index is 14.0. The highest BCUT2D eigenvalue weighted by Gasteiger charge is 2.49. The summed E-state index contributed by atoms with van der Waals surface area (Å²) in [7, 11) is 5.51. The van der Waals surface area contributed by atoms with Gasteiger partial charge in [-0.3, -0.25) is 24.1 Å². The number of Topliss-reactive ketones (excluding diaryl/α,β-unsaturated/α-hetero) is 1. The van der Waals surface area contributed by atoms with Crippen molar-refractivity contribution in [3.8, 4) is 0 Å². The normalized spacial score (nSPS) is 18.3. The Labute approximate surface area is 274 Å². The third-order valence-corrected chi connectivity index (χ3v) is 9.40. The average Bonchev–Trinajstić information content (AvgIpc) is 3.53. The molecule has 0 bridgehead atoms. The van der Waals surface area contributed by atoms with Crippen LogP contribution in [0.2, 0.25) is 0 Å². The molecular formula is C32H45N7O6S. The Morgan fingerprint density at radius 1 is 1.04 bits per heavy atom. The van der Waals surface area contributed by atoms with Gasteiger partial charge < -0.3 is 24.9 Å². The summed E-state index contributed by atoms with van der Waals surface area (Å²) >= 11 is 0.964. The Morgan fingerprint density at radius 3 is 2.26 bits per heavy atom. The number of amides is 5. The average molecular weight is 656 g/mol. The molecule has 1 aliphatic heterocycles. The maximum Gasteiger partial charge on any atom is 0.328 e. The van der Waals surface area contributed by atoms with E-state index in [4.69, 9.17) is 4.42 Å². The van der Waals surface area contributed by atoms with Crippen LogP contribution >= 0.6 is 11.8 Å². The quantitative estimate of drug-likeness (QED) is 0.185. The lowest BCUT2D eigenvalue weighted by Crippen LogP contribution is -2.62. The van der Waals surface area contributed by atoms with Crippen LogP contribution in [0, 0.1) is 5.92 Å². The molecule has 1 aliphatic carbocycles. The summed E-state index contributed by atoms with van der Waals surface area (Å²) in [5.74, 6) is -1.98. The van der Waals surface area contributed by atoms with Gasteiger partial charge in [-0.1, -0.05) is 45.2 Å². The summed E-state index contributed by atoms with van der Waals surface area (Å²) in [4.78, 5) is 70.7. The van der Waals surface area contributed by atoms with Gasteiger partial charge in [0.25, 0.3) is 22.9 Å². The van der Waals surface area contributed by atoms with Crippen LogP contribution in [-0.4, -0.2) is 98.6 Å². The van der Waals surface area contributed by atoms with Gasteiger partial charge in [0.1, 0.15) is 11.1 Å². The number of likely N-dealkylation sites (N-methyl/N-ethyl adjacent to an activating group) is 1. The van der Waals surface area contributed by atoms with Crippen molar-refractivity contribution in [2.45, 2.75) is 95.1 Å². The molecule has 5 amide bonds. The molecule has 0 radical (unpaired) electrons. The molecule has 0 spiro atoms. The summed E-state index contributed by atoms with van der Waals surface area (Å²) in [5.41, 5.74) is -0.613. The van der Waals surface area contributed by atoms with E-state index in [1.54, 1.807) is 33.0 Å².